The summed E-state index contributed by atoms with van der Waals surface area (Å²) in [5, 5.41) is 9.35. The lowest BCUT2D eigenvalue weighted by molar-refractivity contribution is -0.139. The third kappa shape index (κ3) is 4.19. The number of benzene rings is 1. The van der Waals surface area contributed by atoms with E-state index >= 15 is 0 Å². The molecule has 3 heterocycles. The Morgan fingerprint density at radius 2 is 2.17 bits per heavy atom. The van der Waals surface area contributed by atoms with Crippen molar-refractivity contribution in [1.82, 2.24) is 15.6 Å². The molecule has 6 nitrogen and oxygen atoms in total. The van der Waals surface area contributed by atoms with E-state index in [9.17, 15) is 9.18 Å². The summed E-state index contributed by atoms with van der Waals surface area (Å²) < 4.78 is 20.1. The minimum absolute atomic E-state index is 0.144. The number of piperidine rings is 1. The number of hydrogen-bond acceptors (Lipinski definition) is 7. The van der Waals surface area contributed by atoms with E-state index in [-0.39, 0.29) is 12.5 Å². The van der Waals surface area contributed by atoms with Gasteiger partial charge >= 0.3 is 5.97 Å². The van der Waals surface area contributed by atoms with Crippen LogP contribution < -0.4 is 10.6 Å². The second kappa shape index (κ2) is 9.36. The van der Waals surface area contributed by atoms with Crippen molar-refractivity contribution in [3.05, 3.63) is 61.9 Å². The van der Waals surface area contributed by atoms with Gasteiger partial charge in [-0.15, -0.1) is 11.3 Å². The molecule has 2 aromatic rings. The van der Waals surface area contributed by atoms with E-state index in [0.29, 0.717) is 21.4 Å². The number of thiazole rings is 1. The average Bonchev–Trinajstić information content (AvgIpc) is 3.30. The van der Waals surface area contributed by atoms with Crippen LogP contribution >= 0.6 is 27.3 Å². The first-order valence-electron chi connectivity index (χ1n) is 9.90. The quantitative estimate of drug-likeness (QED) is 0.617. The van der Waals surface area contributed by atoms with E-state index in [1.54, 1.807) is 25.3 Å². The van der Waals surface area contributed by atoms with Gasteiger partial charge in [0.25, 0.3) is 0 Å². The van der Waals surface area contributed by atoms with Gasteiger partial charge in [-0.1, -0.05) is 12.1 Å². The van der Waals surface area contributed by atoms with Crippen LogP contribution in [0.4, 0.5) is 4.39 Å². The maximum atomic E-state index is 14.4. The largest absolute Gasteiger partial charge is 0.463 e. The summed E-state index contributed by atoms with van der Waals surface area (Å²) in [5.41, 5.74) is 1.83. The molecule has 2 N–H and O–H groups in total. The number of nitrogens with zero attached hydrogens (tertiary/aromatic N) is 2. The highest BCUT2D eigenvalue weighted by molar-refractivity contribution is 9.10. The normalized spacial score (nSPS) is 20.0. The number of rotatable bonds is 5. The molecule has 4 rings (SSSR count). The van der Waals surface area contributed by atoms with Crippen LogP contribution in [-0.2, 0) is 9.53 Å². The number of carbonyl (C=O) groups is 1. The number of ether oxygens (including phenoxy) is 1. The fourth-order valence-corrected chi connectivity index (χ4v) is 4.91. The molecule has 1 atom stereocenters. The summed E-state index contributed by atoms with van der Waals surface area (Å²) in [6.45, 7) is 3.76. The van der Waals surface area contributed by atoms with Gasteiger partial charge in [-0.25, -0.2) is 14.2 Å². The zero-order valence-electron chi connectivity index (χ0n) is 16.5. The number of carbonyl (C=O) groups excluding carboxylic acids is 1. The molecule has 0 saturated carbocycles. The van der Waals surface area contributed by atoms with Crippen LogP contribution in [0.5, 0.6) is 0 Å². The zero-order valence-corrected chi connectivity index (χ0v) is 18.9. The number of amidine groups is 1. The fraction of sp³-hybridized carbons (Fsp3) is 0.381. The number of aromatic nitrogens is 1. The molecule has 0 aliphatic carbocycles. The SMILES string of the molecule is CCOC(=O)C1=C(C2CCNCC2)NC(c2nccs2)=NC1c1cccc(F)c1Br. The van der Waals surface area contributed by atoms with E-state index in [0.717, 1.165) is 36.6 Å². The van der Waals surface area contributed by atoms with Crippen LogP contribution in [0, 0.1) is 11.7 Å². The number of aliphatic imine (C=N–C) groups is 1. The van der Waals surface area contributed by atoms with Crippen molar-refractivity contribution in [1.29, 1.82) is 0 Å². The Morgan fingerprint density at radius 3 is 2.87 bits per heavy atom. The number of hydrogen-bond donors (Lipinski definition) is 2. The van der Waals surface area contributed by atoms with E-state index in [2.05, 4.69) is 31.5 Å². The average molecular weight is 493 g/mol. The fourth-order valence-electron chi connectivity index (χ4n) is 3.84. The second-order valence-corrected chi connectivity index (χ2v) is 8.75. The number of esters is 1. The monoisotopic (exact) mass is 492 g/mol. The number of allylic oxidation sites excluding steroid dienone is 1. The van der Waals surface area contributed by atoms with Gasteiger partial charge in [0, 0.05) is 23.2 Å². The van der Waals surface area contributed by atoms with Gasteiger partial charge in [-0.2, -0.15) is 0 Å². The summed E-state index contributed by atoms with van der Waals surface area (Å²) in [6, 6.07) is 4.09. The highest BCUT2D eigenvalue weighted by Crippen LogP contribution is 2.40. The first kappa shape index (κ1) is 21.1. The smallest absolute Gasteiger partial charge is 0.338 e. The van der Waals surface area contributed by atoms with Crippen molar-refractivity contribution in [3.8, 4) is 0 Å². The number of halogens is 2. The molecule has 1 unspecified atom stereocenters. The van der Waals surface area contributed by atoms with Gasteiger partial charge < -0.3 is 15.4 Å². The molecule has 0 bridgehead atoms. The molecule has 30 heavy (non-hydrogen) atoms. The van der Waals surface area contributed by atoms with E-state index in [1.165, 1.54) is 17.4 Å². The first-order valence-corrected chi connectivity index (χ1v) is 11.6. The van der Waals surface area contributed by atoms with E-state index in [4.69, 9.17) is 9.73 Å². The van der Waals surface area contributed by atoms with Crippen molar-refractivity contribution in [2.75, 3.05) is 19.7 Å². The maximum Gasteiger partial charge on any atom is 0.338 e. The van der Waals surface area contributed by atoms with Gasteiger partial charge in [0.1, 0.15) is 11.9 Å². The number of nitrogens with one attached hydrogen (secondary N) is 2. The van der Waals surface area contributed by atoms with Crippen molar-refractivity contribution in [3.63, 3.8) is 0 Å². The first-order chi connectivity index (χ1) is 14.6. The van der Waals surface area contributed by atoms with Crippen LogP contribution in [0.1, 0.15) is 36.4 Å². The standard InChI is InChI=1S/C21H22BrFN4O2S/c1-2-29-21(28)15-17(12-6-8-24-9-7-12)26-19(20-25-10-11-30-20)27-18(15)13-4-3-5-14(23)16(13)22/h3-5,10-12,18,24H,2,6-9H2,1H3,(H,26,27). The molecule has 0 spiro atoms. The van der Waals surface area contributed by atoms with Gasteiger partial charge in [-0.3, -0.25) is 4.99 Å². The molecular weight excluding hydrogens is 471 g/mol. The lowest BCUT2D eigenvalue weighted by atomic mass is 9.86. The maximum absolute atomic E-state index is 14.4. The van der Waals surface area contributed by atoms with Crippen LogP contribution in [0.25, 0.3) is 0 Å². The molecule has 1 fully saturated rings. The molecule has 1 aromatic carbocycles. The molecule has 1 saturated heterocycles. The second-order valence-electron chi connectivity index (χ2n) is 7.06. The minimum Gasteiger partial charge on any atom is -0.463 e. The molecule has 158 valence electrons. The molecule has 1 aromatic heterocycles. The van der Waals surface area contributed by atoms with Crippen molar-refractivity contribution in [2.45, 2.75) is 25.8 Å². The summed E-state index contributed by atoms with van der Waals surface area (Å²) >= 11 is 4.81. The summed E-state index contributed by atoms with van der Waals surface area (Å²) in [5.74, 6) is -0.0935. The Labute approximate surface area is 186 Å². The molecule has 9 heteroatoms. The molecular formula is C21H22BrFN4O2S. The van der Waals surface area contributed by atoms with Gasteiger partial charge in [0.15, 0.2) is 10.8 Å². The highest BCUT2D eigenvalue weighted by atomic mass is 79.9. The Bertz CT molecular complexity index is 987. The third-order valence-electron chi connectivity index (χ3n) is 5.23. The topological polar surface area (TPSA) is 75.6 Å². The van der Waals surface area contributed by atoms with Gasteiger partial charge in [-0.05, 0) is 60.4 Å². The van der Waals surface area contributed by atoms with Crippen LogP contribution in [-0.4, -0.2) is 36.5 Å². The van der Waals surface area contributed by atoms with E-state index < -0.39 is 17.8 Å². The molecule has 2 aliphatic heterocycles. The third-order valence-corrected chi connectivity index (χ3v) is 6.85. The highest BCUT2D eigenvalue weighted by Gasteiger charge is 2.37. The van der Waals surface area contributed by atoms with Crippen LogP contribution in [0.3, 0.4) is 0 Å². The Balaban J connectivity index is 1.89. The predicted molar refractivity (Wildman–Crippen MR) is 118 cm³/mol. The van der Waals surface area contributed by atoms with Gasteiger partial charge in [0.2, 0.25) is 0 Å². The summed E-state index contributed by atoms with van der Waals surface area (Å²) in [7, 11) is 0. The lowest BCUT2D eigenvalue weighted by Crippen LogP contribution is -2.40. The summed E-state index contributed by atoms with van der Waals surface area (Å²) in [6.07, 6.45) is 3.48. The van der Waals surface area contributed by atoms with Crippen molar-refractivity contribution >= 4 is 39.1 Å². The van der Waals surface area contributed by atoms with Gasteiger partial charge in [0.05, 0.1) is 16.7 Å². The Kier molecular flexibility index (Phi) is 6.60. The van der Waals surface area contributed by atoms with E-state index in [1.807, 2.05) is 5.38 Å². The molecule has 2 aliphatic rings. The molecule has 0 radical (unpaired) electrons. The minimum atomic E-state index is -0.695. The molecule has 0 amide bonds. The Morgan fingerprint density at radius 1 is 1.37 bits per heavy atom. The van der Waals surface area contributed by atoms with Crippen molar-refractivity contribution in [2.24, 2.45) is 10.9 Å². The van der Waals surface area contributed by atoms with Crippen molar-refractivity contribution < 1.29 is 13.9 Å². The van der Waals surface area contributed by atoms with Crippen LogP contribution in [0.15, 0.2) is 50.5 Å². The predicted octanol–water partition coefficient (Wildman–Crippen LogP) is 3.95. The van der Waals surface area contributed by atoms with Crippen LogP contribution in [0.2, 0.25) is 0 Å². The zero-order chi connectivity index (χ0) is 21.1. The summed E-state index contributed by atoms with van der Waals surface area (Å²) in [4.78, 5) is 22.3. The lowest BCUT2D eigenvalue weighted by Gasteiger charge is -2.33. The Hall–Kier alpha value is -2.10.